The highest BCUT2D eigenvalue weighted by atomic mass is 19.4. The van der Waals surface area contributed by atoms with Crippen LogP contribution < -0.4 is 19.8 Å². The molecule has 0 bridgehead atoms. The summed E-state index contributed by atoms with van der Waals surface area (Å²) in [6, 6.07) is 6.76. The summed E-state index contributed by atoms with van der Waals surface area (Å²) in [6.07, 6.45) is -6.64. The summed E-state index contributed by atoms with van der Waals surface area (Å²) in [4.78, 5) is 41.5. The Morgan fingerprint density at radius 1 is 1.08 bits per heavy atom. The Balaban J connectivity index is 0.000000532. The third-order valence-electron chi connectivity index (χ3n) is 5.66. The van der Waals surface area contributed by atoms with Gasteiger partial charge in [0, 0.05) is 25.2 Å². The van der Waals surface area contributed by atoms with Crippen LogP contribution in [-0.4, -0.2) is 64.3 Å². The first-order valence-electron chi connectivity index (χ1n) is 11.3. The van der Waals surface area contributed by atoms with Gasteiger partial charge in [-0.1, -0.05) is 12.1 Å². The van der Waals surface area contributed by atoms with Gasteiger partial charge >= 0.3 is 24.1 Å². The van der Waals surface area contributed by atoms with Gasteiger partial charge < -0.3 is 25.2 Å². The van der Waals surface area contributed by atoms with E-state index in [1.807, 2.05) is 5.32 Å². The molecular formula is C23H22F6N5O5+. The average Bonchev–Trinajstić information content (AvgIpc) is 3.27. The molecule has 3 aromatic heterocycles. The van der Waals surface area contributed by atoms with Crippen molar-refractivity contribution in [2.45, 2.75) is 37.3 Å². The number of fused-ring (bicyclic) bond motifs is 1. The van der Waals surface area contributed by atoms with Gasteiger partial charge in [-0.3, -0.25) is 9.59 Å². The number of aromatic amines is 2. The maximum atomic E-state index is 13.7. The fourth-order valence-electron chi connectivity index (χ4n) is 3.76. The lowest BCUT2D eigenvalue weighted by atomic mass is 10.1. The first-order chi connectivity index (χ1) is 18.2. The molecule has 1 aliphatic heterocycles. The molecule has 3 aromatic rings. The lowest BCUT2D eigenvalue weighted by molar-refractivity contribution is -0.514. The number of hydrogen-bond acceptors (Lipinski definition) is 5. The number of aliphatic carboxylic acids is 1. The molecule has 0 saturated carbocycles. The normalized spacial score (nSPS) is 15.3. The molecule has 1 atom stereocenters. The van der Waals surface area contributed by atoms with Gasteiger partial charge in [0.1, 0.15) is 5.97 Å². The van der Waals surface area contributed by atoms with Gasteiger partial charge in [-0.05, 0) is 25.0 Å². The molecule has 0 radical (unpaired) electrons. The molecule has 0 aliphatic carbocycles. The molecular weight excluding hydrogens is 540 g/mol. The number of pyridine rings is 2. The number of carbonyl (C=O) groups is 3. The van der Waals surface area contributed by atoms with Crippen LogP contribution in [0.1, 0.15) is 45.7 Å². The summed E-state index contributed by atoms with van der Waals surface area (Å²) in [5.41, 5.74) is -0.112. The Bertz CT molecular complexity index is 1320. The molecule has 39 heavy (non-hydrogen) atoms. The summed E-state index contributed by atoms with van der Waals surface area (Å²) in [7, 11) is 0. The van der Waals surface area contributed by atoms with E-state index >= 15 is 0 Å². The van der Waals surface area contributed by atoms with Gasteiger partial charge in [0.15, 0.2) is 11.7 Å². The van der Waals surface area contributed by atoms with Gasteiger partial charge in [-0.25, -0.2) is 9.97 Å². The molecule has 4 heterocycles. The van der Waals surface area contributed by atoms with Crippen molar-refractivity contribution in [1.82, 2.24) is 15.2 Å². The Kier molecular flexibility index (Phi) is 8.78. The minimum Gasteiger partial charge on any atom is -0.542 e. The smallest absolute Gasteiger partial charge is 0.430 e. The van der Waals surface area contributed by atoms with E-state index in [1.54, 1.807) is 24.4 Å². The molecule has 0 spiro atoms. The quantitative estimate of drug-likeness (QED) is 0.314. The number of aliphatic hydroxyl groups is 1. The minimum absolute atomic E-state index is 0.0528. The van der Waals surface area contributed by atoms with Crippen molar-refractivity contribution >= 4 is 23.3 Å². The van der Waals surface area contributed by atoms with Crippen molar-refractivity contribution < 1.29 is 60.3 Å². The Labute approximate surface area is 215 Å². The van der Waals surface area contributed by atoms with E-state index in [0.717, 1.165) is 0 Å². The zero-order chi connectivity index (χ0) is 29.0. The zero-order valence-corrected chi connectivity index (χ0v) is 19.8. The van der Waals surface area contributed by atoms with Crippen LogP contribution in [0.3, 0.4) is 0 Å². The van der Waals surface area contributed by atoms with E-state index in [0.29, 0.717) is 25.9 Å². The van der Waals surface area contributed by atoms with E-state index in [1.165, 1.54) is 33.7 Å². The molecule has 16 heteroatoms. The highest BCUT2D eigenvalue weighted by Gasteiger charge is 2.46. The number of carboxylic acid groups (broad SMARTS) is 1. The number of nitrogens with zero attached hydrogens (tertiary/aromatic N) is 2. The van der Waals surface area contributed by atoms with Crippen molar-refractivity contribution in [2.75, 3.05) is 13.1 Å². The molecule has 1 aliphatic rings. The molecule has 2 amide bonds. The van der Waals surface area contributed by atoms with Crippen LogP contribution in [0, 0.1) is 0 Å². The Morgan fingerprint density at radius 2 is 1.69 bits per heavy atom. The van der Waals surface area contributed by atoms with Crippen LogP contribution in [0.2, 0.25) is 0 Å². The number of halogens is 6. The van der Waals surface area contributed by atoms with Crippen LogP contribution in [0.5, 0.6) is 0 Å². The third-order valence-corrected chi connectivity index (χ3v) is 5.66. The number of hydrogen-bond donors (Lipinski definition) is 3. The van der Waals surface area contributed by atoms with E-state index in [4.69, 9.17) is 9.90 Å². The molecule has 10 nitrogen and oxygen atoms in total. The van der Waals surface area contributed by atoms with E-state index < -0.39 is 42.3 Å². The van der Waals surface area contributed by atoms with Crippen molar-refractivity contribution in [1.29, 1.82) is 0 Å². The van der Waals surface area contributed by atoms with Crippen molar-refractivity contribution in [3.8, 4) is 0 Å². The number of amides is 2. The van der Waals surface area contributed by atoms with E-state index in [-0.39, 0.29) is 22.7 Å². The first kappa shape index (κ1) is 29.3. The number of imidazole rings is 1. The third kappa shape index (κ3) is 7.22. The first-order valence-corrected chi connectivity index (χ1v) is 11.3. The lowest BCUT2D eigenvalue weighted by Gasteiger charge is -2.27. The summed E-state index contributed by atoms with van der Waals surface area (Å²) < 4.78 is 74.0. The van der Waals surface area contributed by atoms with Crippen molar-refractivity contribution in [3.63, 3.8) is 0 Å². The van der Waals surface area contributed by atoms with Crippen molar-refractivity contribution in [3.05, 3.63) is 66.0 Å². The van der Waals surface area contributed by atoms with Crippen LogP contribution in [-0.2, 0) is 4.79 Å². The molecule has 210 valence electrons. The van der Waals surface area contributed by atoms with E-state index in [9.17, 15) is 41.0 Å². The molecule has 1 fully saturated rings. The zero-order valence-electron chi connectivity index (χ0n) is 19.8. The topological polar surface area (TPSA) is 144 Å². The Morgan fingerprint density at radius 3 is 2.23 bits per heavy atom. The minimum atomic E-state index is -5.19. The number of likely N-dealkylation sites (tertiary alicyclic amines) is 1. The second kappa shape index (κ2) is 11.7. The average molecular weight is 562 g/mol. The standard InChI is InChI=1S/C21H20F3N5O3.C2HF3O2/c22-21(23,24)17(14-5-1-3-9-25-14)27-19(31)16-15-6-2-4-10-29(15)18(26-16)20(32)28-11-7-13(30)8-12-28;3-2(4,5)1(6)7/h1-6,9-10,13,17,30H,7-8,11-12H2,(H,27,31);(H,6,7)/p+1. The number of alkyl halides is 6. The summed E-state index contributed by atoms with van der Waals surface area (Å²) in [5.74, 6) is -4.35. The molecule has 1 saturated heterocycles. The van der Waals surface area contributed by atoms with Gasteiger partial charge in [0.2, 0.25) is 17.4 Å². The maximum absolute atomic E-state index is 13.7. The predicted molar refractivity (Wildman–Crippen MR) is 115 cm³/mol. The highest BCUT2D eigenvalue weighted by molar-refractivity contribution is 6.00. The number of aliphatic hydroxyl groups excluding tert-OH is 1. The highest BCUT2D eigenvalue weighted by Crippen LogP contribution is 2.31. The number of carboxylic acids is 1. The van der Waals surface area contributed by atoms with E-state index in [2.05, 4.69) is 9.97 Å². The molecule has 1 unspecified atom stereocenters. The van der Waals surface area contributed by atoms with Gasteiger partial charge in [0.25, 0.3) is 5.91 Å². The number of aromatic nitrogens is 3. The van der Waals surface area contributed by atoms with Crippen molar-refractivity contribution in [2.24, 2.45) is 0 Å². The predicted octanol–water partition coefficient (Wildman–Crippen LogP) is 0.496. The molecule has 4 rings (SSSR count). The summed E-state index contributed by atoms with van der Waals surface area (Å²) in [5, 5.41) is 20.5. The SMILES string of the molecule is O=C(NC(c1cccc[nH+]1)C(F)(F)F)c1[nH]c(C(=O)N2CCC(O)CC2)[n+]2ccccc12.O=C([O-])C(F)(F)F. The van der Waals surface area contributed by atoms with Crippen LogP contribution in [0.25, 0.3) is 5.52 Å². The lowest BCUT2D eigenvalue weighted by Crippen LogP contribution is -2.43. The Hall–Kier alpha value is -4.21. The molecule has 4 N–H and O–H groups in total. The van der Waals surface area contributed by atoms with Gasteiger partial charge in [-0.15, -0.1) is 0 Å². The van der Waals surface area contributed by atoms with Crippen LogP contribution in [0.4, 0.5) is 26.3 Å². The number of carbonyl (C=O) groups excluding carboxylic acids is 3. The molecule has 0 aromatic carbocycles. The largest absolute Gasteiger partial charge is 0.542 e. The fraction of sp³-hybridized carbons (Fsp3) is 0.348. The number of H-pyrrole nitrogens is 2. The maximum Gasteiger partial charge on any atom is 0.430 e. The second-order valence-electron chi connectivity index (χ2n) is 8.38. The van der Waals surface area contributed by atoms with Gasteiger partial charge in [0.05, 0.1) is 12.3 Å². The fourth-order valence-corrected chi connectivity index (χ4v) is 3.76. The number of piperidine rings is 1. The summed E-state index contributed by atoms with van der Waals surface area (Å²) >= 11 is 0. The summed E-state index contributed by atoms with van der Waals surface area (Å²) in [6.45, 7) is 0.685. The monoisotopic (exact) mass is 562 g/mol. The number of rotatable bonds is 4. The number of nitrogens with one attached hydrogen (secondary N) is 3. The van der Waals surface area contributed by atoms with Crippen LogP contribution in [0.15, 0.2) is 48.8 Å². The van der Waals surface area contributed by atoms with Crippen LogP contribution >= 0.6 is 0 Å². The second-order valence-corrected chi connectivity index (χ2v) is 8.38. The van der Waals surface area contributed by atoms with Gasteiger partial charge in [-0.2, -0.15) is 30.7 Å².